The number of rotatable bonds is 7. The van der Waals surface area contributed by atoms with Gasteiger partial charge in [-0.15, -0.1) is 0 Å². The van der Waals surface area contributed by atoms with E-state index in [1.54, 1.807) is 22.9 Å². The summed E-state index contributed by atoms with van der Waals surface area (Å²) < 4.78 is 35.5. The molecule has 46 heavy (non-hydrogen) atoms. The van der Waals surface area contributed by atoms with Crippen LogP contribution in [0.5, 0.6) is 0 Å². The summed E-state index contributed by atoms with van der Waals surface area (Å²) in [5.41, 5.74) is 4.15. The minimum atomic E-state index is -3.70. The van der Waals surface area contributed by atoms with Gasteiger partial charge in [0, 0.05) is 43.5 Å². The third-order valence-corrected chi connectivity index (χ3v) is 11.6. The van der Waals surface area contributed by atoms with Crippen molar-refractivity contribution in [3.63, 3.8) is 0 Å². The van der Waals surface area contributed by atoms with E-state index in [1.165, 1.54) is 21.6 Å². The van der Waals surface area contributed by atoms with E-state index in [4.69, 9.17) is 9.84 Å². The van der Waals surface area contributed by atoms with Gasteiger partial charge in [-0.1, -0.05) is 60.7 Å². The molecule has 0 saturated carbocycles. The van der Waals surface area contributed by atoms with Gasteiger partial charge in [0.2, 0.25) is 10.0 Å². The summed E-state index contributed by atoms with van der Waals surface area (Å²) in [6.45, 7) is 3.12. The Morgan fingerprint density at radius 3 is 2.35 bits per heavy atom. The third-order valence-electron chi connectivity index (χ3n) is 8.63. The van der Waals surface area contributed by atoms with Crippen LogP contribution in [0.3, 0.4) is 0 Å². The second kappa shape index (κ2) is 13.4. The summed E-state index contributed by atoms with van der Waals surface area (Å²) in [5, 5.41) is 5.62. The lowest BCUT2D eigenvalue weighted by atomic mass is 9.90. The second-order valence-corrected chi connectivity index (χ2v) is 14.6. The van der Waals surface area contributed by atoms with E-state index in [0.29, 0.717) is 53.9 Å². The van der Waals surface area contributed by atoms with E-state index < -0.39 is 10.0 Å². The molecule has 1 amide bonds. The Labute approximate surface area is 273 Å². The van der Waals surface area contributed by atoms with Crippen LogP contribution in [0.2, 0.25) is 0 Å². The average molecular weight is 654 g/mol. The Bertz CT molecular complexity index is 1880. The van der Waals surface area contributed by atoms with E-state index in [9.17, 15) is 13.2 Å². The number of aromatic nitrogens is 2. The van der Waals surface area contributed by atoms with Crippen molar-refractivity contribution in [2.45, 2.75) is 24.2 Å². The number of likely N-dealkylation sites (tertiary alicyclic amines) is 1. The second-order valence-electron chi connectivity index (χ2n) is 11.7. The van der Waals surface area contributed by atoms with Crippen LogP contribution in [0.4, 0.5) is 0 Å². The number of benzene rings is 3. The number of nitrogens with zero attached hydrogens (tertiary/aromatic N) is 5. The number of hydrogen-bond donors (Lipinski definition) is 0. The van der Waals surface area contributed by atoms with Crippen molar-refractivity contribution >= 4 is 38.9 Å². The smallest absolute Gasteiger partial charge is 0.286 e. The first-order chi connectivity index (χ1) is 22.4. The summed E-state index contributed by atoms with van der Waals surface area (Å²) in [4.78, 5) is 20.6. The number of sulfonamides is 1. The fourth-order valence-corrected chi connectivity index (χ4v) is 8.53. The normalized spacial score (nSPS) is 19.1. The first-order valence-electron chi connectivity index (χ1n) is 15.6. The molecule has 2 fully saturated rings. The minimum Gasteiger partial charge on any atom is -0.379 e. The summed E-state index contributed by atoms with van der Waals surface area (Å²) in [6, 6.07) is 27.2. The SMILES string of the molecule is O=C1N=C(N2CCC(Cc3ccccc3)CC2)S/C1=C\c1cn(-c2ccccc2)nc1-c1cccc(S(=O)(=O)N2CCOCC2)c1. The van der Waals surface area contributed by atoms with Crippen molar-refractivity contribution in [1.29, 1.82) is 0 Å². The Morgan fingerprint density at radius 1 is 0.891 bits per heavy atom. The predicted octanol–water partition coefficient (Wildman–Crippen LogP) is 5.49. The highest BCUT2D eigenvalue weighted by atomic mass is 32.2. The Hall–Kier alpha value is -4.03. The zero-order valence-electron chi connectivity index (χ0n) is 25.4. The van der Waals surface area contributed by atoms with E-state index in [2.05, 4.69) is 34.2 Å². The van der Waals surface area contributed by atoms with E-state index in [-0.39, 0.29) is 10.8 Å². The van der Waals surface area contributed by atoms with Gasteiger partial charge in [0.1, 0.15) is 5.69 Å². The van der Waals surface area contributed by atoms with Gasteiger partial charge in [0.05, 0.1) is 28.7 Å². The number of amides is 1. The number of ether oxygens (including phenoxy) is 1. The average Bonchev–Trinajstić information content (AvgIpc) is 3.70. The number of thioether (sulfide) groups is 1. The van der Waals surface area contributed by atoms with Crippen LogP contribution >= 0.6 is 11.8 Å². The molecule has 0 aliphatic carbocycles. The highest BCUT2D eigenvalue weighted by Gasteiger charge is 2.30. The van der Waals surface area contributed by atoms with Gasteiger partial charge in [-0.2, -0.15) is 14.4 Å². The van der Waals surface area contributed by atoms with Crippen LogP contribution in [0.1, 0.15) is 24.0 Å². The van der Waals surface area contributed by atoms with Crippen LogP contribution in [-0.4, -0.2) is 77.9 Å². The van der Waals surface area contributed by atoms with Crippen LogP contribution in [0, 0.1) is 5.92 Å². The minimum absolute atomic E-state index is 0.201. The van der Waals surface area contributed by atoms with Crippen molar-refractivity contribution in [2.75, 3.05) is 39.4 Å². The van der Waals surface area contributed by atoms with E-state index >= 15 is 0 Å². The number of carbonyl (C=O) groups is 1. The molecule has 2 saturated heterocycles. The lowest BCUT2D eigenvalue weighted by Gasteiger charge is -2.32. The summed E-state index contributed by atoms with van der Waals surface area (Å²) in [5.74, 6) is 0.346. The monoisotopic (exact) mass is 653 g/mol. The first-order valence-corrected chi connectivity index (χ1v) is 17.8. The molecule has 7 rings (SSSR count). The molecule has 11 heteroatoms. The fourth-order valence-electron chi connectivity index (χ4n) is 6.12. The largest absolute Gasteiger partial charge is 0.379 e. The summed E-state index contributed by atoms with van der Waals surface area (Å²) in [7, 11) is -3.70. The topological polar surface area (TPSA) is 97.1 Å². The Balaban J connectivity index is 1.14. The number of piperidine rings is 1. The van der Waals surface area contributed by atoms with Crippen LogP contribution in [0.25, 0.3) is 23.0 Å². The maximum absolute atomic E-state index is 13.5. The first kappa shape index (κ1) is 30.6. The van der Waals surface area contributed by atoms with Crippen molar-refractivity contribution in [3.05, 3.63) is 107 Å². The molecule has 0 N–H and O–H groups in total. The maximum atomic E-state index is 13.5. The van der Waals surface area contributed by atoms with Crippen LogP contribution in [0.15, 0.2) is 106 Å². The van der Waals surface area contributed by atoms with Crippen molar-refractivity contribution in [2.24, 2.45) is 10.9 Å². The zero-order valence-corrected chi connectivity index (χ0v) is 27.0. The van der Waals surface area contributed by atoms with Gasteiger partial charge in [-0.25, -0.2) is 13.1 Å². The molecule has 236 valence electrons. The molecule has 4 aromatic rings. The molecule has 0 unspecified atom stereocenters. The lowest BCUT2D eigenvalue weighted by Crippen LogP contribution is -2.40. The number of carbonyl (C=O) groups excluding carboxylic acids is 1. The van der Waals surface area contributed by atoms with Gasteiger partial charge in [0.15, 0.2) is 5.17 Å². The van der Waals surface area contributed by atoms with Crippen LogP contribution < -0.4 is 0 Å². The molecule has 0 bridgehead atoms. The number of hydrogen-bond acceptors (Lipinski definition) is 7. The summed E-state index contributed by atoms with van der Waals surface area (Å²) in [6.07, 6.45) is 6.89. The molecule has 3 aliphatic heterocycles. The molecule has 0 radical (unpaired) electrons. The molecule has 3 aromatic carbocycles. The van der Waals surface area contributed by atoms with Crippen molar-refractivity contribution < 1.29 is 17.9 Å². The molecule has 1 aromatic heterocycles. The van der Waals surface area contributed by atoms with Gasteiger partial charge >= 0.3 is 0 Å². The molecular weight excluding hydrogens is 619 g/mol. The molecule has 3 aliphatic rings. The lowest BCUT2D eigenvalue weighted by molar-refractivity contribution is -0.113. The van der Waals surface area contributed by atoms with Crippen molar-refractivity contribution in [1.82, 2.24) is 19.0 Å². The molecule has 0 atom stereocenters. The predicted molar refractivity (Wildman–Crippen MR) is 181 cm³/mol. The van der Waals surface area contributed by atoms with Crippen molar-refractivity contribution in [3.8, 4) is 16.9 Å². The molecule has 0 spiro atoms. The number of amidine groups is 1. The number of para-hydroxylation sites is 1. The molecule has 4 heterocycles. The Kier molecular flexibility index (Phi) is 8.90. The number of aliphatic imine (C=N–C) groups is 1. The maximum Gasteiger partial charge on any atom is 0.286 e. The highest BCUT2D eigenvalue weighted by molar-refractivity contribution is 8.18. The quantitative estimate of drug-likeness (QED) is 0.244. The standard InChI is InChI=1S/C35H35N5O4S2/c41-34-32(45-35(36-34)38-16-14-27(15-17-38)22-26-8-3-1-4-9-26)24-29-25-40(30-11-5-2-6-12-30)37-33(29)28-10-7-13-31(23-28)46(42,43)39-18-20-44-21-19-39/h1-13,23-25,27H,14-22H2/b32-24-. The highest BCUT2D eigenvalue weighted by Crippen LogP contribution is 2.35. The zero-order chi connectivity index (χ0) is 31.5. The van der Waals surface area contributed by atoms with E-state index in [1.807, 2.05) is 54.7 Å². The molecule has 9 nitrogen and oxygen atoms in total. The summed E-state index contributed by atoms with van der Waals surface area (Å²) >= 11 is 1.40. The molecular formula is C35H35N5O4S2. The Morgan fingerprint density at radius 2 is 1.61 bits per heavy atom. The fraction of sp³-hybridized carbons (Fsp3) is 0.286. The van der Waals surface area contributed by atoms with Crippen LogP contribution in [-0.2, 0) is 26.0 Å². The van der Waals surface area contributed by atoms with Gasteiger partial charge < -0.3 is 9.64 Å². The van der Waals surface area contributed by atoms with Gasteiger partial charge in [-0.3, -0.25) is 4.79 Å². The van der Waals surface area contributed by atoms with Gasteiger partial charge in [-0.05, 0) is 72.8 Å². The number of morpholine rings is 1. The van der Waals surface area contributed by atoms with E-state index in [0.717, 1.165) is 43.2 Å². The third kappa shape index (κ3) is 6.59. The van der Waals surface area contributed by atoms with Gasteiger partial charge in [0.25, 0.3) is 5.91 Å².